The Morgan fingerprint density at radius 3 is 1.40 bits per heavy atom. The minimum atomic E-state index is -0.551. The Balaban J connectivity index is 0.000000132. The summed E-state index contributed by atoms with van der Waals surface area (Å²) >= 11 is 0. The van der Waals surface area contributed by atoms with Crippen molar-refractivity contribution < 1.29 is 28.6 Å². The summed E-state index contributed by atoms with van der Waals surface area (Å²) in [6.45, 7) is 11.9. The molecule has 84 heavy (non-hydrogen) atoms. The number of nitrogens with one attached hydrogen (secondary N) is 2. The highest BCUT2D eigenvalue weighted by molar-refractivity contribution is 5.97. The summed E-state index contributed by atoms with van der Waals surface area (Å²) < 4.78 is 20.9. The first-order valence-corrected chi connectivity index (χ1v) is 26.9. The van der Waals surface area contributed by atoms with Gasteiger partial charge >= 0.3 is 17.9 Å². The molecule has 422 valence electrons. The molecule has 0 aliphatic carbocycles. The van der Waals surface area contributed by atoms with Crippen molar-refractivity contribution in [1.29, 1.82) is 5.26 Å². The van der Waals surface area contributed by atoms with Gasteiger partial charge in [0.05, 0.1) is 49.2 Å². The number of esters is 3. The van der Waals surface area contributed by atoms with Gasteiger partial charge in [0.1, 0.15) is 24.7 Å². The zero-order valence-electron chi connectivity index (χ0n) is 46.4. The van der Waals surface area contributed by atoms with Gasteiger partial charge in [0, 0.05) is 17.1 Å². The molecule has 0 saturated heterocycles. The molecule has 0 amide bonds. The lowest BCUT2D eigenvalue weighted by atomic mass is 9.91. The van der Waals surface area contributed by atoms with E-state index in [9.17, 15) is 19.6 Å². The Morgan fingerprint density at radius 1 is 0.524 bits per heavy atom. The van der Waals surface area contributed by atoms with Gasteiger partial charge in [0.25, 0.3) is 11.9 Å². The molecule has 0 fully saturated rings. The van der Waals surface area contributed by atoms with Crippen LogP contribution >= 0.6 is 0 Å². The van der Waals surface area contributed by atoms with E-state index in [4.69, 9.17) is 14.2 Å². The molecule has 26 heteroatoms. The summed E-state index contributed by atoms with van der Waals surface area (Å²) in [6.07, 6.45) is 0. The van der Waals surface area contributed by atoms with Crippen LogP contribution in [0.2, 0.25) is 0 Å². The number of nitrogens with zero attached hydrogens (tertiary/aromatic N) is 18. The summed E-state index contributed by atoms with van der Waals surface area (Å²) in [5, 5.41) is 68.9. The lowest BCUT2D eigenvalue weighted by Crippen LogP contribution is -2.37. The number of rotatable bonds is 12. The largest absolute Gasteiger partial charge is 0.463 e. The van der Waals surface area contributed by atoms with Crippen LogP contribution in [0.5, 0.6) is 0 Å². The molecule has 3 atom stereocenters. The molecule has 3 aliphatic heterocycles. The van der Waals surface area contributed by atoms with E-state index in [0.717, 1.165) is 49.0 Å². The molecular formula is C58H54N20O6. The summed E-state index contributed by atoms with van der Waals surface area (Å²) in [5.74, 6) is 0.619. The number of ether oxygens (including phenoxy) is 3. The Kier molecular flexibility index (Phi) is 15.6. The molecule has 3 aliphatic rings. The Bertz CT molecular complexity index is 4240. The van der Waals surface area contributed by atoms with Gasteiger partial charge in [-0.25, -0.2) is 14.4 Å². The molecule has 0 radical (unpaired) electrons. The number of carbonyl (C=O) groups is 3. The minimum absolute atomic E-state index is 0.0252. The van der Waals surface area contributed by atoms with E-state index in [0.29, 0.717) is 64.1 Å². The third-order valence-electron chi connectivity index (χ3n) is 14.5. The lowest BCUT2D eigenvalue weighted by Gasteiger charge is -2.34. The summed E-state index contributed by atoms with van der Waals surface area (Å²) in [6, 6.07) is 42.5. The predicted octanol–water partition coefficient (Wildman–Crippen LogP) is 7.06. The minimum Gasteiger partial charge on any atom is -0.463 e. The third kappa shape index (κ3) is 10.1. The number of tetrazole rings is 4. The fourth-order valence-electron chi connectivity index (χ4n) is 10.9. The Morgan fingerprint density at radius 2 is 0.940 bits per heavy atom. The third-order valence-corrected chi connectivity index (χ3v) is 14.5. The summed E-state index contributed by atoms with van der Waals surface area (Å²) in [7, 11) is 0. The second-order valence-electron chi connectivity index (χ2n) is 19.2. The van der Waals surface area contributed by atoms with Crippen LogP contribution in [-0.4, -0.2) is 126 Å². The van der Waals surface area contributed by atoms with Gasteiger partial charge in [-0.15, -0.1) is 10.2 Å². The number of hydrogen-bond acceptors (Lipinski definition) is 22. The molecule has 6 aromatic carbocycles. The second kappa shape index (κ2) is 23.9. The maximum atomic E-state index is 13.2. The van der Waals surface area contributed by atoms with E-state index in [1.807, 2.05) is 141 Å². The van der Waals surface area contributed by atoms with Crippen molar-refractivity contribution in [2.24, 2.45) is 0 Å². The van der Waals surface area contributed by atoms with Gasteiger partial charge in [0.15, 0.2) is 5.82 Å². The SMILES string of the molecule is CCOC(=O)C1=C(C)N(CC#N)c2nnnn2C1c1cccc2ccccc12.CCOC(=O)C1=C(C)N(Cc2nn[nH]n2)c2nnnn2C1c1cccc2ccccc12.CCOC(=O)C1=C(C)Nc2nnnn2C1c1cccc2ccccc12. The maximum absolute atomic E-state index is 13.2. The quantitative estimate of drug-likeness (QED) is 0.0702. The molecule has 4 aromatic heterocycles. The zero-order chi connectivity index (χ0) is 58.4. The Labute approximate surface area is 479 Å². The lowest BCUT2D eigenvalue weighted by molar-refractivity contribution is -0.140. The molecule has 26 nitrogen and oxygen atoms in total. The van der Waals surface area contributed by atoms with Crippen LogP contribution in [0, 0.1) is 11.3 Å². The van der Waals surface area contributed by atoms with Crippen LogP contribution < -0.4 is 15.1 Å². The van der Waals surface area contributed by atoms with Gasteiger partial charge in [-0.3, -0.25) is 4.90 Å². The van der Waals surface area contributed by atoms with Crippen LogP contribution in [0.1, 0.15) is 82.2 Å². The number of anilines is 3. The van der Waals surface area contributed by atoms with Crippen LogP contribution in [0.15, 0.2) is 161 Å². The number of aromatic amines is 1. The van der Waals surface area contributed by atoms with Gasteiger partial charge < -0.3 is 24.4 Å². The molecule has 2 N–H and O–H groups in total. The van der Waals surface area contributed by atoms with Crippen molar-refractivity contribution in [2.75, 3.05) is 41.5 Å². The van der Waals surface area contributed by atoms with Crippen LogP contribution in [0.3, 0.4) is 0 Å². The number of hydrogen-bond donors (Lipinski definition) is 2. The van der Waals surface area contributed by atoms with E-state index in [2.05, 4.69) is 78.6 Å². The van der Waals surface area contributed by atoms with Crippen LogP contribution in [0.4, 0.5) is 17.8 Å². The fourth-order valence-corrected chi connectivity index (χ4v) is 10.9. The highest BCUT2D eigenvalue weighted by atomic mass is 16.5. The van der Waals surface area contributed by atoms with E-state index in [1.54, 1.807) is 51.5 Å². The van der Waals surface area contributed by atoms with E-state index < -0.39 is 30.1 Å². The van der Waals surface area contributed by atoms with Gasteiger partial charge in [-0.2, -0.15) is 24.5 Å². The number of allylic oxidation sites excluding steroid dienone is 3. The van der Waals surface area contributed by atoms with Crippen molar-refractivity contribution in [3.05, 3.63) is 184 Å². The number of aromatic nitrogens is 16. The van der Waals surface area contributed by atoms with Crippen molar-refractivity contribution in [2.45, 2.75) is 66.2 Å². The number of benzene rings is 6. The second-order valence-corrected chi connectivity index (χ2v) is 19.2. The maximum Gasteiger partial charge on any atom is 0.338 e. The Hall–Kier alpha value is -11.1. The molecule has 0 saturated carbocycles. The monoisotopic (exact) mass is 1130 g/mol. The highest BCUT2D eigenvalue weighted by Gasteiger charge is 2.42. The fraction of sp³-hybridized carbons (Fsp3) is 0.241. The molecule has 13 rings (SSSR count). The van der Waals surface area contributed by atoms with Crippen LogP contribution in [-0.2, 0) is 35.1 Å². The van der Waals surface area contributed by atoms with Crippen molar-refractivity contribution in [1.82, 2.24) is 81.2 Å². The number of carbonyl (C=O) groups excluding carboxylic acids is 3. The first-order valence-electron chi connectivity index (χ1n) is 26.9. The smallest absolute Gasteiger partial charge is 0.338 e. The van der Waals surface area contributed by atoms with Crippen LogP contribution in [0.25, 0.3) is 32.3 Å². The highest BCUT2D eigenvalue weighted by Crippen LogP contribution is 2.43. The first-order chi connectivity index (χ1) is 41.1. The van der Waals surface area contributed by atoms with Crippen molar-refractivity contribution >= 4 is 68.1 Å². The van der Waals surface area contributed by atoms with E-state index in [-0.39, 0.29) is 32.3 Å². The van der Waals surface area contributed by atoms with Crippen molar-refractivity contribution in [3.63, 3.8) is 0 Å². The zero-order valence-corrected chi connectivity index (χ0v) is 46.4. The molecule has 10 aromatic rings. The van der Waals surface area contributed by atoms with Gasteiger partial charge in [-0.1, -0.05) is 148 Å². The normalized spacial score (nSPS) is 16.1. The van der Waals surface area contributed by atoms with Gasteiger partial charge in [0.2, 0.25) is 5.95 Å². The molecule has 0 spiro atoms. The molecular weight excluding hydrogens is 1070 g/mol. The number of H-pyrrole nitrogens is 1. The first kappa shape index (κ1) is 54.8. The molecule has 7 heterocycles. The summed E-state index contributed by atoms with van der Waals surface area (Å²) in [5.41, 5.74) is 6.13. The van der Waals surface area contributed by atoms with Gasteiger partial charge in [-0.05, 0) is 122 Å². The van der Waals surface area contributed by atoms with Crippen molar-refractivity contribution in [3.8, 4) is 6.07 Å². The molecule has 0 bridgehead atoms. The molecule has 3 unspecified atom stereocenters. The van der Waals surface area contributed by atoms with E-state index in [1.165, 1.54) is 0 Å². The average Bonchev–Trinajstić information content (AvgIpc) is 1.70. The van der Waals surface area contributed by atoms with E-state index >= 15 is 0 Å². The standard InChI is InChI=1S/C20H19N9O2.C20H18N6O2.C18H17N5O2/c1-3-31-19(30)17-12(2)28(11-16-21-24-25-22-16)20-23-26-27-29(20)18(17)15-10-6-8-13-7-4-5-9-14(13)15;1-3-28-19(27)17-13(2)25(12-11-21)20-22-23-24-26(20)18(17)16-10-6-8-14-7-4-5-9-15(14)16;1-3-25-17(24)15-11(2)19-18-20-21-22-23(18)16(15)14-10-6-8-12-7-4-5-9-13(12)14/h4-10,18H,3,11H2,1-2H3,(H,21,22,24,25);4-10,18H,3,12H2,1-2H3;4-10,16H,3H2,1-2H3,(H,19,20,22). The predicted molar refractivity (Wildman–Crippen MR) is 305 cm³/mol. The average molecular weight is 1130 g/mol. The summed E-state index contributed by atoms with van der Waals surface area (Å²) in [4.78, 5) is 42.2. The number of nitriles is 1. The number of fused-ring (bicyclic) bond motifs is 6. The topological polar surface area (TPSA) is 306 Å².